The lowest BCUT2D eigenvalue weighted by Gasteiger charge is -2.22. The first-order chi connectivity index (χ1) is 15.7. The monoisotopic (exact) mass is 466 g/mol. The first-order valence-electron chi connectivity index (χ1n) is 10.3. The van der Waals surface area contributed by atoms with E-state index in [0.717, 1.165) is 4.88 Å². The highest BCUT2D eigenvalue weighted by Gasteiger charge is 2.26. The predicted octanol–water partition coefficient (Wildman–Crippen LogP) is 4.35. The molecule has 0 spiro atoms. The van der Waals surface area contributed by atoms with Crippen molar-refractivity contribution in [3.8, 4) is 10.6 Å². The van der Waals surface area contributed by atoms with Crippen LogP contribution in [0.2, 0.25) is 0 Å². The van der Waals surface area contributed by atoms with Gasteiger partial charge in [0.15, 0.2) is 11.8 Å². The summed E-state index contributed by atoms with van der Waals surface area (Å²) in [4.78, 5) is 33.0. The molecule has 9 heteroatoms. The SMILES string of the molecule is Cc1nn(C)c2nc(-c3cccs3)cc(C(=O)OC(C)C(=O)N(C)Cc3cccc(F)c3)c12. The molecule has 0 saturated carbocycles. The van der Waals surface area contributed by atoms with Crippen LogP contribution >= 0.6 is 11.3 Å². The molecule has 0 saturated heterocycles. The smallest absolute Gasteiger partial charge is 0.339 e. The van der Waals surface area contributed by atoms with Crippen LogP contribution in [-0.2, 0) is 23.1 Å². The van der Waals surface area contributed by atoms with E-state index in [1.807, 2.05) is 17.5 Å². The highest BCUT2D eigenvalue weighted by molar-refractivity contribution is 7.13. The summed E-state index contributed by atoms with van der Waals surface area (Å²) in [6.45, 7) is 3.52. The zero-order chi connectivity index (χ0) is 23.7. The van der Waals surface area contributed by atoms with Gasteiger partial charge in [-0.1, -0.05) is 18.2 Å². The van der Waals surface area contributed by atoms with Crippen LogP contribution in [0.1, 0.15) is 28.5 Å². The van der Waals surface area contributed by atoms with Crippen LogP contribution in [0, 0.1) is 12.7 Å². The van der Waals surface area contributed by atoms with E-state index in [0.29, 0.717) is 33.5 Å². The molecule has 1 amide bonds. The van der Waals surface area contributed by atoms with E-state index in [1.54, 1.807) is 43.9 Å². The fraction of sp³-hybridized carbons (Fsp3) is 0.250. The molecule has 0 radical (unpaired) electrons. The number of ether oxygens (including phenoxy) is 1. The van der Waals surface area contributed by atoms with Crippen LogP contribution in [-0.4, -0.2) is 44.7 Å². The molecule has 0 aliphatic carbocycles. The van der Waals surface area contributed by atoms with E-state index < -0.39 is 12.1 Å². The van der Waals surface area contributed by atoms with E-state index >= 15 is 0 Å². The number of aromatic nitrogens is 3. The van der Waals surface area contributed by atoms with E-state index in [9.17, 15) is 14.0 Å². The molecule has 0 N–H and O–H groups in total. The Balaban J connectivity index is 1.58. The van der Waals surface area contributed by atoms with Crippen LogP contribution in [0.5, 0.6) is 0 Å². The molecule has 0 fully saturated rings. The maximum Gasteiger partial charge on any atom is 0.339 e. The van der Waals surface area contributed by atoms with Crippen molar-refractivity contribution < 1.29 is 18.7 Å². The second-order valence-electron chi connectivity index (χ2n) is 7.81. The molecule has 33 heavy (non-hydrogen) atoms. The fourth-order valence-electron chi connectivity index (χ4n) is 3.73. The maximum absolute atomic E-state index is 13.4. The molecule has 0 bridgehead atoms. The molecule has 3 heterocycles. The van der Waals surface area contributed by atoms with E-state index in [4.69, 9.17) is 4.74 Å². The van der Waals surface area contributed by atoms with Crippen molar-refractivity contribution in [1.29, 1.82) is 0 Å². The number of benzene rings is 1. The normalized spacial score (nSPS) is 12.0. The third kappa shape index (κ3) is 4.63. The quantitative estimate of drug-likeness (QED) is 0.395. The molecule has 1 aromatic carbocycles. The molecule has 0 aliphatic rings. The maximum atomic E-state index is 13.4. The molecule has 170 valence electrons. The Morgan fingerprint density at radius 2 is 2.03 bits per heavy atom. The number of pyridine rings is 1. The summed E-state index contributed by atoms with van der Waals surface area (Å²) in [6, 6.07) is 11.5. The van der Waals surface area contributed by atoms with Crippen molar-refractivity contribution in [1.82, 2.24) is 19.7 Å². The number of hydrogen-bond acceptors (Lipinski definition) is 6. The number of thiophene rings is 1. The standard InChI is InChI=1S/C24H23FN4O3S/c1-14-21-18(12-19(20-9-6-10-33-20)26-22(21)29(4)27-14)24(31)32-15(2)23(30)28(3)13-16-7-5-8-17(25)11-16/h5-12,15H,13H2,1-4H3. The second-order valence-corrected chi connectivity index (χ2v) is 8.76. The largest absolute Gasteiger partial charge is 0.449 e. The summed E-state index contributed by atoms with van der Waals surface area (Å²) < 4.78 is 20.6. The number of carbonyl (C=O) groups excluding carboxylic acids is 2. The van der Waals surface area contributed by atoms with Gasteiger partial charge in [0.25, 0.3) is 5.91 Å². The van der Waals surface area contributed by atoms with Crippen molar-refractivity contribution in [2.45, 2.75) is 26.5 Å². The first kappa shape index (κ1) is 22.6. The zero-order valence-corrected chi connectivity index (χ0v) is 19.5. The summed E-state index contributed by atoms with van der Waals surface area (Å²) in [7, 11) is 3.35. The highest BCUT2D eigenvalue weighted by atomic mass is 32.1. The third-order valence-electron chi connectivity index (χ3n) is 5.28. The number of nitrogens with zero attached hydrogens (tertiary/aromatic N) is 4. The molecular formula is C24H23FN4O3S. The molecular weight excluding hydrogens is 443 g/mol. The van der Waals surface area contributed by atoms with Gasteiger partial charge in [-0.25, -0.2) is 14.2 Å². The van der Waals surface area contributed by atoms with Gasteiger partial charge in [0, 0.05) is 20.6 Å². The van der Waals surface area contributed by atoms with Crippen LogP contribution in [0.15, 0.2) is 47.8 Å². The Labute approximate surface area is 194 Å². The molecule has 3 aromatic heterocycles. The molecule has 4 aromatic rings. The van der Waals surface area contributed by atoms with Gasteiger partial charge in [-0.15, -0.1) is 11.3 Å². The Hall–Kier alpha value is -3.59. The minimum atomic E-state index is -1.03. The minimum Gasteiger partial charge on any atom is -0.449 e. The summed E-state index contributed by atoms with van der Waals surface area (Å²) in [6.07, 6.45) is -1.03. The van der Waals surface area contributed by atoms with Crippen molar-refractivity contribution in [3.63, 3.8) is 0 Å². The van der Waals surface area contributed by atoms with Crippen LogP contribution < -0.4 is 0 Å². The second kappa shape index (κ2) is 9.11. The van der Waals surface area contributed by atoms with Crippen LogP contribution in [0.4, 0.5) is 4.39 Å². The van der Waals surface area contributed by atoms with Gasteiger partial charge in [-0.3, -0.25) is 9.48 Å². The van der Waals surface area contributed by atoms with Gasteiger partial charge >= 0.3 is 5.97 Å². The van der Waals surface area contributed by atoms with Gasteiger partial charge in [-0.05, 0) is 49.1 Å². The average Bonchev–Trinajstić information content (AvgIpc) is 3.41. The number of fused-ring (bicyclic) bond motifs is 1. The van der Waals surface area contributed by atoms with Crippen LogP contribution in [0.3, 0.4) is 0 Å². The van der Waals surface area contributed by atoms with Gasteiger partial charge < -0.3 is 9.64 Å². The van der Waals surface area contributed by atoms with Crippen molar-refractivity contribution in [2.24, 2.45) is 7.05 Å². The Bertz CT molecular complexity index is 1330. The Kier molecular flexibility index (Phi) is 6.24. The fourth-order valence-corrected chi connectivity index (χ4v) is 4.41. The number of carbonyl (C=O) groups is 2. The molecule has 7 nitrogen and oxygen atoms in total. The molecule has 1 unspecified atom stereocenters. The van der Waals surface area contributed by atoms with Gasteiger partial charge in [0.2, 0.25) is 0 Å². The predicted molar refractivity (Wildman–Crippen MR) is 124 cm³/mol. The van der Waals surface area contributed by atoms with E-state index in [-0.39, 0.29) is 18.3 Å². The number of amides is 1. The first-order valence-corrected chi connectivity index (χ1v) is 11.2. The number of aryl methyl sites for hydroxylation is 2. The van der Waals surface area contributed by atoms with E-state index in [2.05, 4.69) is 10.1 Å². The zero-order valence-electron chi connectivity index (χ0n) is 18.7. The number of rotatable bonds is 6. The molecule has 1 atom stereocenters. The lowest BCUT2D eigenvalue weighted by Crippen LogP contribution is -2.37. The number of halogens is 1. The van der Waals surface area contributed by atoms with Crippen molar-refractivity contribution in [3.05, 3.63) is 70.5 Å². The number of hydrogen-bond donors (Lipinski definition) is 0. The average molecular weight is 467 g/mol. The lowest BCUT2D eigenvalue weighted by molar-refractivity contribution is -0.139. The number of esters is 1. The number of likely N-dealkylation sites (N-methyl/N-ethyl adjacent to an activating group) is 1. The molecule has 4 rings (SSSR count). The summed E-state index contributed by atoms with van der Waals surface area (Å²) in [5.74, 6) is -1.39. The van der Waals surface area contributed by atoms with Crippen molar-refractivity contribution >= 4 is 34.2 Å². The summed E-state index contributed by atoms with van der Waals surface area (Å²) in [5, 5.41) is 6.92. The highest BCUT2D eigenvalue weighted by Crippen LogP contribution is 2.30. The van der Waals surface area contributed by atoms with Crippen molar-refractivity contribution in [2.75, 3.05) is 7.05 Å². The van der Waals surface area contributed by atoms with Gasteiger partial charge in [0.1, 0.15) is 5.82 Å². The third-order valence-corrected chi connectivity index (χ3v) is 6.17. The van der Waals surface area contributed by atoms with Gasteiger partial charge in [-0.2, -0.15) is 5.10 Å². The lowest BCUT2D eigenvalue weighted by atomic mass is 10.1. The van der Waals surface area contributed by atoms with Gasteiger partial charge in [0.05, 0.1) is 27.2 Å². The minimum absolute atomic E-state index is 0.197. The summed E-state index contributed by atoms with van der Waals surface area (Å²) >= 11 is 1.51. The summed E-state index contributed by atoms with van der Waals surface area (Å²) in [5.41, 5.74) is 2.79. The van der Waals surface area contributed by atoms with Crippen LogP contribution in [0.25, 0.3) is 21.6 Å². The Morgan fingerprint density at radius 1 is 1.24 bits per heavy atom. The molecule has 0 aliphatic heterocycles. The Morgan fingerprint density at radius 3 is 2.73 bits per heavy atom. The topological polar surface area (TPSA) is 77.3 Å². The van der Waals surface area contributed by atoms with E-state index in [1.165, 1.54) is 35.3 Å².